The number of unbranched alkanes of at least 4 members (excludes halogenated alkanes) is 2. The Bertz CT molecular complexity index is 1210. The molecular weight excluding hydrogens is 456 g/mol. The zero-order valence-corrected chi connectivity index (χ0v) is 19.7. The highest BCUT2D eigenvalue weighted by Gasteiger charge is 2.48. The molecule has 1 aliphatic rings. The fraction of sp³-hybridized carbons (Fsp3) is 0.269. The summed E-state index contributed by atoms with van der Waals surface area (Å²) in [4.78, 5) is 27.4. The van der Waals surface area contributed by atoms with E-state index in [0.29, 0.717) is 34.3 Å². The van der Waals surface area contributed by atoms with Crippen LogP contribution >= 0.6 is 11.6 Å². The molecule has 0 aliphatic carbocycles. The van der Waals surface area contributed by atoms with E-state index < -0.39 is 17.7 Å². The third-order valence-electron chi connectivity index (χ3n) is 5.64. The fourth-order valence-corrected chi connectivity index (χ4v) is 4.03. The molecule has 1 aromatic heterocycles. The fourth-order valence-electron chi connectivity index (χ4n) is 3.90. The average molecular weight is 481 g/mol. The van der Waals surface area contributed by atoms with Crippen LogP contribution in [0.4, 0.5) is 5.82 Å². The van der Waals surface area contributed by atoms with E-state index in [0.717, 1.165) is 19.3 Å². The number of aliphatic hydroxyl groups excluding tert-OH is 1. The minimum Gasteiger partial charge on any atom is -0.507 e. The number of halogens is 1. The molecule has 1 N–H and O–H groups in total. The molecule has 0 bridgehead atoms. The lowest BCUT2D eigenvalue weighted by Crippen LogP contribution is -2.29. The van der Waals surface area contributed by atoms with Gasteiger partial charge in [0.1, 0.15) is 17.3 Å². The van der Waals surface area contributed by atoms with E-state index in [-0.39, 0.29) is 17.2 Å². The molecule has 1 aliphatic heterocycles. The van der Waals surface area contributed by atoms with E-state index in [2.05, 4.69) is 12.1 Å². The van der Waals surface area contributed by atoms with Crippen molar-refractivity contribution < 1.29 is 24.0 Å². The Morgan fingerprint density at radius 1 is 1.12 bits per heavy atom. The van der Waals surface area contributed by atoms with Crippen LogP contribution in [0.5, 0.6) is 5.75 Å². The van der Waals surface area contributed by atoms with Crippen molar-refractivity contribution in [3.8, 4) is 5.75 Å². The van der Waals surface area contributed by atoms with Gasteiger partial charge in [-0.3, -0.25) is 14.5 Å². The molecule has 7 nitrogen and oxygen atoms in total. The number of aliphatic hydroxyl groups is 1. The Morgan fingerprint density at radius 2 is 1.82 bits per heavy atom. The lowest BCUT2D eigenvalue weighted by Gasteiger charge is -2.23. The van der Waals surface area contributed by atoms with E-state index in [1.165, 1.54) is 4.90 Å². The number of carbonyl (C=O) groups is 2. The second-order valence-electron chi connectivity index (χ2n) is 8.10. The minimum absolute atomic E-state index is 0.0374. The molecular formula is C26H25ClN2O5. The molecule has 0 saturated carbocycles. The first-order valence-corrected chi connectivity index (χ1v) is 11.5. The predicted molar refractivity (Wildman–Crippen MR) is 129 cm³/mol. The Kier molecular flexibility index (Phi) is 7.03. The molecule has 1 amide bonds. The standard InChI is InChI=1S/C26H25ClN2O5/c1-3-4-5-14-33-20-12-8-17(9-13-20)23-22(24(30)18-6-10-19(27)11-7-18)25(31)26(32)29(23)21-15-16(2)34-28-21/h6-13,15,23,30H,3-5,14H2,1-2H3/b24-22-. The van der Waals surface area contributed by atoms with E-state index in [9.17, 15) is 14.7 Å². The first kappa shape index (κ1) is 23.6. The molecule has 1 fully saturated rings. The first-order chi connectivity index (χ1) is 16.4. The Labute approximate surface area is 202 Å². The highest BCUT2D eigenvalue weighted by atomic mass is 35.5. The highest BCUT2D eigenvalue weighted by Crippen LogP contribution is 2.42. The Morgan fingerprint density at radius 3 is 2.44 bits per heavy atom. The molecule has 1 unspecified atom stereocenters. The number of Topliss-reactive ketones (excluding diaryl/α,β-unsaturated/α-hetero) is 1. The van der Waals surface area contributed by atoms with Gasteiger partial charge in [0.15, 0.2) is 5.82 Å². The zero-order valence-electron chi connectivity index (χ0n) is 19.0. The van der Waals surface area contributed by atoms with Crippen molar-refractivity contribution in [1.82, 2.24) is 5.16 Å². The van der Waals surface area contributed by atoms with Crippen LogP contribution in [0.15, 0.2) is 64.7 Å². The van der Waals surface area contributed by atoms with Crippen LogP contribution in [0.25, 0.3) is 5.76 Å². The van der Waals surface area contributed by atoms with E-state index >= 15 is 0 Å². The van der Waals surface area contributed by atoms with Gasteiger partial charge in [-0.15, -0.1) is 0 Å². The summed E-state index contributed by atoms with van der Waals surface area (Å²) in [6.07, 6.45) is 3.16. The average Bonchev–Trinajstić information content (AvgIpc) is 3.37. The number of amides is 1. The number of ether oxygens (including phenoxy) is 1. The highest BCUT2D eigenvalue weighted by molar-refractivity contribution is 6.51. The van der Waals surface area contributed by atoms with Crippen molar-refractivity contribution in [3.63, 3.8) is 0 Å². The molecule has 2 heterocycles. The largest absolute Gasteiger partial charge is 0.507 e. The summed E-state index contributed by atoms with van der Waals surface area (Å²) in [5.41, 5.74) is 0.959. The Balaban J connectivity index is 1.76. The number of hydrogen-bond donors (Lipinski definition) is 1. The van der Waals surface area contributed by atoms with E-state index in [4.69, 9.17) is 20.9 Å². The van der Waals surface area contributed by atoms with Crippen molar-refractivity contribution in [2.75, 3.05) is 11.5 Å². The normalized spacial score (nSPS) is 17.4. The van der Waals surface area contributed by atoms with Gasteiger partial charge in [0, 0.05) is 16.7 Å². The number of rotatable bonds is 8. The third-order valence-corrected chi connectivity index (χ3v) is 5.89. The van der Waals surface area contributed by atoms with Gasteiger partial charge in [-0.2, -0.15) is 0 Å². The number of aryl methyl sites for hydroxylation is 1. The second-order valence-corrected chi connectivity index (χ2v) is 8.53. The molecule has 1 atom stereocenters. The molecule has 0 spiro atoms. The SMILES string of the molecule is CCCCCOc1ccc(C2/C(=C(/O)c3ccc(Cl)cc3)C(=O)C(=O)N2c2cc(C)on2)cc1. The minimum atomic E-state index is -0.894. The molecule has 1 saturated heterocycles. The van der Waals surface area contributed by atoms with E-state index in [1.807, 2.05) is 0 Å². The van der Waals surface area contributed by atoms with Gasteiger partial charge in [-0.25, -0.2) is 0 Å². The topological polar surface area (TPSA) is 92.9 Å². The van der Waals surface area contributed by atoms with Gasteiger partial charge in [0.2, 0.25) is 0 Å². The Hall–Kier alpha value is -3.58. The molecule has 8 heteroatoms. The van der Waals surface area contributed by atoms with Crippen LogP contribution in [0.1, 0.15) is 49.1 Å². The molecule has 3 aromatic rings. The number of anilines is 1. The van der Waals surface area contributed by atoms with Gasteiger partial charge in [0.05, 0.1) is 18.2 Å². The van der Waals surface area contributed by atoms with Gasteiger partial charge in [-0.1, -0.05) is 48.7 Å². The quantitative estimate of drug-likeness (QED) is 0.189. The molecule has 176 valence electrons. The summed E-state index contributed by atoms with van der Waals surface area (Å²) in [6.45, 7) is 4.44. The van der Waals surface area contributed by atoms with Crippen LogP contribution in [0.2, 0.25) is 5.02 Å². The van der Waals surface area contributed by atoms with Gasteiger partial charge in [-0.05, 0) is 55.3 Å². The van der Waals surface area contributed by atoms with Crippen LogP contribution in [-0.2, 0) is 9.59 Å². The summed E-state index contributed by atoms with van der Waals surface area (Å²) in [5.74, 6) is -0.523. The van der Waals surface area contributed by atoms with Crippen LogP contribution in [0.3, 0.4) is 0 Å². The third kappa shape index (κ3) is 4.70. The van der Waals surface area contributed by atoms with E-state index in [1.54, 1.807) is 61.5 Å². The molecule has 0 radical (unpaired) electrons. The number of aromatic nitrogens is 1. The lowest BCUT2D eigenvalue weighted by atomic mass is 9.95. The summed E-state index contributed by atoms with van der Waals surface area (Å²) < 4.78 is 10.9. The summed E-state index contributed by atoms with van der Waals surface area (Å²) in [7, 11) is 0. The van der Waals surface area contributed by atoms with Gasteiger partial charge < -0.3 is 14.4 Å². The van der Waals surface area contributed by atoms with Gasteiger partial charge >= 0.3 is 5.91 Å². The number of hydrogen-bond acceptors (Lipinski definition) is 6. The van der Waals surface area contributed by atoms with Crippen molar-refractivity contribution in [1.29, 1.82) is 0 Å². The smallest absolute Gasteiger partial charge is 0.301 e. The number of benzene rings is 2. The van der Waals surface area contributed by atoms with Crippen molar-refractivity contribution in [2.45, 2.75) is 39.2 Å². The van der Waals surface area contributed by atoms with Crippen molar-refractivity contribution >= 4 is 34.9 Å². The number of nitrogens with zero attached hydrogens (tertiary/aromatic N) is 2. The number of carbonyl (C=O) groups excluding carboxylic acids is 2. The summed E-state index contributed by atoms with van der Waals surface area (Å²) in [5, 5.41) is 15.5. The molecule has 34 heavy (non-hydrogen) atoms. The zero-order chi connectivity index (χ0) is 24.2. The van der Waals surface area contributed by atoms with Crippen LogP contribution in [-0.4, -0.2) is 28.6 Å². The maximum Gasteiger partial charge on any atom is 0.301 e. The van der Waals surface area contributed by atoms with Crippen LogP contribution < -0.4 is 9.64 Å². The van der Waals surface area contributed by atoms with Crippen LogP contribution in [0, 0.1) is 6.92 Å². The molecule has 4 rings (SSSR count). The summed E-state index contributed by atoms with van der Waals surface area (Å²) in [6, 6.07) is 14.2. The summed E-state index contributed by atoms with van der Waals surface area (Å²) >= 11 is 5.97. The lowest BCUT2D eigenvalue weighted by molar-refractivity contribution is -0.132. The predicted octanol–water partition coefficient (Wildman–Crippen LogP) is 5.83. The first-order valence-electron chi connectivity index (χ1n) is 11.1. The molecule has 2 aromatic carbocycles. The maximum absolute atomic E-state index is 13.1. The van der Waals surface area contributed by atoms with Crippen molar-refractivity contribution in [2.24, 2.45) is 0 Å². The second kappa shape index (κ2) is 10.1. The maximum atomic E-state index is 13.1. The number of ketones is 1. The van der Waals surface area contributed by atoms with Gasteiger partial charge in [0.25, 0.3) is 5.78 Å². The van der Waals surface area contributed by atoms with Crippen molar-refractivity contribution in [3.05, 3.63) is 82.1 Å². The monoisotopic (exact) mass is 480 g/mol.